The first-order valence-corrected chi connectivity index (χ1v) is 14.4. The van der Waals surface area contributed by atoms with Gasteiger partial charge < -0.3 is 18.6 Å². The van der Waals surface area contributed by atoms with Gasteiger partial charge in [-0.05, 0) is 44.5 Å². The number of aldehydes is 1. The van der Waals surface area contributed by atoms with Crippen LogP contribution in [-0.4, -0.2) is 62.8 Å². The van der Waals surface area contributed by atoms with Crippen molar-refractivity contribution in [3.05, 3.63) is 35.9 Å². The summed E-state index contributed by atoms with van der Waals surface area (Å²) in [7, 11) is -0.768. The maximum Gasteiger partial charge on any atom is 0.410 e. The van der Waals surface area contributed by atoms with E-state index in [9.17, 15) is 9.59 Å². The molecular weight excluding hydrogens is 438 g/mol. The molecule has 33 heavy (non-hydrogen) atoms. The zero-order valence-electron chi connectivity index (χ0n) is 21.6. The van der Waals surface area contributed by atoms with E-state index in [1.165, 1.54) is 7.11 Å². The average Bonchev–Trinajstić information content (AvgIpc) is 2.71. The standard InChI is InChI=1S/C25H41NO6Si/c1-23(2,3)31-22(28)26(16-19-13-11-10-12-14-19)20-15-25(18-27,29-7)30-17-21(20)32-33(8,9)24(4,5)6/h10-14,18,20-21H,15-17H2,1-9H3/t20-,21-,25-/m1/s1. The fraction of sp³-hybridized carbons (Fsp3) is 0.680. The third-order valence-corrected chi connectivity index (χ3v) is 10.9. The number of amides is 1. The van der Waals surface area contributed by atoms with Crippen molar-refractivity contribution < 1.29 is 28.2 Å². The fourth-order valence-electron chi connectivity index (χ4n) is 3.49. The van der Waals surface area contributed by atoms with Crippen molar-refractivity contribution in [2.75, 3.05) is 13.7 Å². The van der Waals surface area contributed by atoms with Crippen molar-refractivity contribution in [1.29, 1.82) is 0 Å². The van der Waals surface area contributed by atoms with E-state index in [2.05, 4.69) is 33.9 Å². The number of benzene rings is 1. The third-order valence-electron chi connectivity index (χ3n) is 6.42. The maximum atomic E-state index is 13.4. The van der Waals surface area contributed by atoms with Crippen LogP contribution in [0, 0.1) is 0 Å². The molecule has 0 aliphatic carbocycles. The second kappa shape index (κ2) is 10.3. The van der Waals surface area contributed by atoms with E-state index in [0.29, 0.717) is 12.8 Å². The van der Waals surface area contributed by atoms with Crippen LogP contribution < -0.4 is 0 Å². The van der Waals surface area contributed by atoms with E-state index in [0.717, 1.165) is 5.56 Å². The summed E-state index contributed by atoms with van der Waals surface area (Å²) in [6, 6.07) is 9.24. The molecule has 186 valence electrons. The summed E-state index contributed by atoms with van der Waals surface area (Å²) in [6.07, 6.45) is -0.0696. The van der Waals surface area contributed by atoms with E-state index in [1.807, 2.05) is 51.1 Å². The highest BCUT2D eigenvalue weighted by Gasteiger charge is 2.50. The second-order valence-corrected chi connectivity index (χ2v) is 16.0. The predicted octanol–water partition coefficient (Wildman–Crippen LogP) is 5.14. The van der Waals surface area contributed by atoms with Crippen molar-refractivity contribution in [2.24, 2.45) is 0 Å². The molecule has 7 nitrogen and oxygen atoms in total. The molecule has 1 aromatic carbocycles. The molecule has 1 aromatic rings. The zero-order chi connectivity index (χ0) is 25.1. The normalized spacial score (nSPS) is 24.3. The van der Waals surface area contributed by atoms with Gasteiger partial charge in [-0.2, -0.15) is 0 Å². The Kier molecular flexibility index (Phi) is 8.55. The highest BCUT2D eigenvalue weighted by molar-refractivity contribution is 6.74. The van der Waals surface area contributed by atoms with Gasteiger partial charge in [-0.25, -0.2) is 4.79 Å². The first-order chi connectivity index (χ1) is 15.1. The van der Waals surface area contributed by atoms with Crippen LogP contribution in [0.25, 0.3) is 0 Å². The van der Waals surface area contributed by atoms with Gasteiger partial charge in [-0.15, -0.1) is 0 Å². The summed E-state index contributed by atoms with van der Waals surface area (Å²) in [4.78, 5) is 27.1. The lowest BCUT2D eigenvalue weighted by atomic mass is 9.96. The van der Waals surface area contributed by atoms with Gasteiger partial charge in [0.1, 0.15) is 5.60 Å². The van der Waals surface area contributed by atoms with Gasteiger partial charge in [0, 0.05) is 20.1 Å². The molecule has 0 spiro atoms. The Labute approximate surface area is 199 Å². The summed E-state index contributed by atoms with van der Waals surface area (Å²) in [6.45, 7) is 16.8. The van der Waals surface area contributed by atoms with Crippen molar-refractivity contribution in [3.8, 4) is 0 Å². The van der Waals surface area contributed by atoms with Crippen LogP contribution in [0.4, 0.5) is 4.79 Å². The van der Waals surface area contributed by atoms with Gasteiger partial charge in [0.15, 0.2) is 14.6 Å². The van der Waals surface area contributed by atoms with Crippen LogP contribution in [0.15, 0.2) is 30.3 Å². The number of ether oxygens (including phenoxy) is 3. The molecule has 1 amide bonds. The predicted molar refractivity (Wildman–Crippen MR) is 130 cm³/mol. The van der Waals surface area contributed by atoms with Crippen molar-refractivity contribution in [2.45, 2.75) is 96.2 Å². The van der Waals surface area contributed by atoms with Gasteiger partial charge in [0.2, 0.25) is 5.79 Å². The van der Waals surface area contributed by atoms with Crippen LogP contribution >= 0.6 is 0 Å². The number of carbonyl (C=O) groups excluding carboxylic acids is 2. The minimum atomic E-state index is -2.21. The van der Waals surface area contributed by atoms with Gasteiger partial charge in [-0.3, -0.25) is 9.69 Å². The van der Waals surface area contributed by atoms with Crippen molar-refractivity contribution in [3.63, 3.8) is 0 Å². The second-order valence-electron chi connectivity index (χ2n) is 11.2. The lowest BCUT2D eigenvalue weighted by molar-refractivity contribution is -0.249. The Balaban J connectivity index is 2.49. The summed E-state index contributed by atoms with van der Waals surface area (Å²) in [5.41, 5.74) is 0.283. The molecule has 0 radical (unpaired) electrons. The monoisotopic (exact) mass is 479 g/mol. The van der Waals surface area contributed by atoms with E-state index in [4.69, 9.17) is 18.6 Å². The minimum absolute atomic E-state index is 0.0336. The Morgan fingerprint density at radius 1 is 1.18 bits per heavy atom. The van der Waals surface area contributed by atoms with Crippen LogP contribution in [0.5, 0.6) is 0 Å². The molecule has 1 saturated heterocycles. The molecule has 0 unspecified atom stereocenters. The molecule has 0 aromatic heterocycles. The van der Waals surface area contributed by atoms with Gasteiger partial charge in [-0.1, -0.05) is 51.1 Å². The Morgan fingerprint density at radius 3 is 2.27 bits per heavy atom. The number of nitrogens with zero attached hydrogens (tertiary/aromatic N) is 1. The summed E-state index contributed by atoms with van der Waals surface area (Å²) >= 11 is 0. The number of rotatable bonds is 7. The Morgan fingerprint density at radius 2 is 1.79 bits per heavy atom. The molecule has 0 saturated carbocycles. The van der Waals surface area contributed by atoms with Crippen LogP contribution in [0.3, 0.4) is 0 Å². The molecule has 3 atom stereocenters. The first kappa shape index (κ1) is 27.5. The molecular formula is C25H41NO6Si. The number of carbonyl (C=O) groups is 2. The van der Waals surface area contributed by atoms with Crippen LogP contribution in [-0.2, 0) is 30.0 Å². The Bertz CT molecular complexity index is 801. The van der Waals surface area contributed by atoms with Crippen LogP contribution in [0.2, 0.25) is 18.1 Å². The summed E-state index contributed by atoms with van der Waals surface area (Å²) < 4.78 is 23.9. The molecule has 1 fully saturated rings. The summed E-state index contributed by atoms with van der Waals surface area (Å²) in [5, 5.41) is -0.0336. The van der Waals surface area contributed by atoms with E-state index >= 15 is 0 Å². The van der Waals surface area contributed by atoms with Crippen LogP contribution in [0.1, 0.15) is 53.5 Å². The van der Waals surface area contributed by atoms with Gasteiger partial charge in [0.05, 0.1) is 18.8 Å². The largest absolute Gasteiger partial charge is 0.444 e. The molecule has 8 heteroatoms. The molecule has 1 aliphatic rings. The van der Waals surface area contributed by atoms with Gasteiger partial charge >= 0.3 is 6.09 Å². The van der Waals surface area contributed by atoms with Crippen molar-refractivity contribution >= 4 is 20.7 Å². The number of hydrogen-bond donors (Lipinski definition) is 0. The average molecular weight is 480 g/mol. The van der Waals surface area contributed by atoms with E-state index < -0.39 is 37.9 Å². The lowest BCUT2D eigenvalue weighted by Gasteiger charge is -2.48. The molecule has 1 heterocycles. The maximum absolute atomic E-state index is 13.4. The summed E-state index contributed by atoms with van der Waals surface area (Å²) in [5.74, 6) is -1.44. The number of methoxy groups -OCH3 is 1. The topological polar surface area (TPSA) is 74.3 Å². The van der Waals surface area contributed by atoms with E-state index in [-0.39, 0.29) is 18.1 Å². The number of hydrogen-bond acceptors (Lipinski definition) is 6. The smallest absolute Gasteiger partial charge is 0.410 e. The highest BCUT2D eigenvalue weighted by atomic mass is 28.4. The molecule has 0 bridgehead atoms. The molecule has 0 N–H and O–H groups in total. The van der Waals surface area contributed by atoms with Crippen molar-refractivity contribution in [1.82, 2.24) is 4.90 Å². The van der Waals surface area contributed by atoms with Gasteiger partial charge in [0.25, 0.3) is 0 Å². The first-order valence-electron chi connectivity index (χ1n) is 11.5. The zero-order valence-corrected chi connectivity index (χ0v) is 22.6. The highest BCUT2D eigenvalue weighted by Crippen LogP contribution is 2.40. The molecule has 2 rings (SSSR count). The Hall–Kier alpha value is -1.74. The SMILES string of the molecule is CO[C@]1(C=O)C[C@@H](N(Cc2ccccc2)C(=O)OC(C)(C)C)[C@H](O[Si](C)(C)C(C)(C)C)CO1. The lowest BCUT2D eigenvalue weighted by Crippen LogP contribution is -2.62. The quantitative estimate of drug-likeness (QED) is 0.398. The minimum Gasteiger partial charge on any atom is -0.444 e. The van der Waals surface area contributed by atoms with E-state index in [1.54, 1.807) is 4.90 Å². The fourth-order valence-corrected chi connectivity index (χ4v) is 4.82. The molecule has 1 aliphatic heterocycles. The third kappa shape index (κ3) is 7.12.